The van der Waals surface area contributed by atoms with Crippen LogP contribution in [0.25, 0.3) is 33.4 Å². The number of benzene rings is 2. The van der Waals surface area contributed by atoms with Crippen LogP contribution in [-0.4, -0.2) is 66.8 Å². The number of nitrogens with one attached hydrogen (secondary N) is 1. The smallest absolute Gasteiger partial charge is 0.163 e. The molecule has 0 aliphatic carbocycles. The third-order valence-corrected chi connectivity index (χ3v) is 8.29. The predicted molar refractivity (Wildman–Crippen MR) is 164 cm³/mol. The number of hydrogen-bond donors (Lipinski definition) is 2. The number of alkyl halides is 1. The van der Waals surface area contributed by atoms with E-state index in [0.717, 1.165) is 59.5 Å². The van der Waals surface area contributed by atoms with E-state index in [0.29, 0.717) is 61.4 Å². The van der Waals surface area contributed by atoms with E-state index in [1.165, 1.54) is 11.9 Å². The van der Waals surface area contributed by atoms with Gasteiger partial charge < -0.3 is 25.0 Å². The molecular weight excluding hydrogens is 544 g/mol. The molecule has 0 unspecified atom stereocenters. The molecule has 2 aromatic heterocycles. The number of aromatic nitrogens is 3. The molecule has 4 aromatic rings. The number of anilines is 4. The molecule has 2 aromatic carbocycles. The Morgan fingerprint density at radius 3 is 2.56 bits per heavy atom. The van der Waals surface area contributed by atoms with Gasteiger partial charge in [-0.3, -0.25) is 4.39 Å². The minimum atomic E-state index is -0.391. The molecule has 2 fully saturated rings. The lowest BCUT2D eigenvalue weighted by Gasteiger charge is -2.30. The van der Waals surface area contributed by atoms with E-state index in [-0.39, 0.29) is 5.82 Å². The van der Waals surface area contributed by atoms with Crippen molar-refractivity contribution >= 4 is 45.9 Å². The molecule has 11 heteroatoms. The van der Waals surface area contributed by atoms with E-state index in [9.17, 15) is 4.39 Å². The first-order valence-corrected chi connectivity index (χ1v) is 15.0. The summed E-state index contributed by atoms with van der Waals surface area (Å²) in [6, 6.07) is 13.0. The van der Waals surface area contributed by atoms with Crippen LogP contribution in [-0.2, 0) is 4.74 Å². The minimum absolute atomic E-state index is 0.342. The molecule has 214 valence electrons. The van der Waals surface area contributed by atoms with Gasteiger partial charge in [0.15, 0.2) is 11.6 Å². The maximum atomic E-state index is 15.9. The standard InChI is InChI=1S/C30H33F2N7OS/c31-9-4-16-41-37-24-6-3-5-22(27(24)32)21-17-23-28(25(18-21)38-10-1-2-11-38)35-29(20-7-8-26(33)34-19-20)36-30(23)39-12-14-40-15-13-39/h3,5-8,17-19,37H,1-2,4,9-16H2,(H2,33,34). The third kappa shape index (κ3) is 5.87. The Kier molecular flexibility index (Phi) is 8.33. The SMILES string of the molecule is Nc1ccc(-c2nc(N3CCOCC3)c3cc(-c4cccc(NSCCCF)c4F)cc(N4CCCC4)c3n2)cn1. The number of halogens is 2. The number of nitrogen functional groups attached to an aromatic ring is 1. The number of rotatable bonds is 9. The molecule has 0 spiro atoms. The molecule has 41 heavy (non-hydrogen) atoms. The van der Waals surface area contributed by atoms with Crippen LogP contribution in [0.3, 0.4) is 0 Å². The van der Waals surface area contributed by atoms with Crippen LogP contribution in [0.15, 0.2) is 48.7 Å². The average Bonchev–Trinajstić information content (AvgIpc) is 3.55. The second-order valence-electron chi connectivity index (χ2n) is 10.2. The van der Waals surface area contributed by atoms with Crippen molar-refractivity contribution in [3.05, 3.63) is 54.5 Å². The molecule has 0 radical (unpaired) electrons. The molecule has 0 bridgehead atoms. The van der Waals surface area contributed by atoms with Crippen molar-refractivity contribution in [2.45, 2.75) is 19.3 Å². The molecular formula is C30H33F2N7OS. The Bertz CT molecular complexity index is 1510. The highest BCUT2D eigenvalue weighted by atomic mass is 32.2. The number of pyridine rings is 1. The van der Waals surface area contributed by atoms with Gasteiger partial charge in [0.1, 0.15) is 11.6 Å². The first kappa shape index (κ1) is 27.5. The average molecular weight is 578 g/mol. The molecule has 4 heterocycles. The van der Waals surface area contributed by atoms with Gasteiger partial charge in [-0.25, -0.2) is 19.3 Å². The summed E-state index contributed by atoms with van der Waals surface area (Å²) >= 11 is 1.31. The normalized spacial score (nSPS) is 15.6. The summed E-state index contributed by atoms with van der Waals surface area (Å²) in [5.74, 6) is 2.02. The van der Waals surface area contributed by atoms with Gasteiger partial charge in [-0.1, -0.05) is 24.1 Å². The number of nitrogens with zero attached hydrogens (tertiary/aromatic N) is 5. The van der Waals surface area contributed by atoms with Crippen molar-refractivity contribution < 1.29 is 13.5 Å². The minimum Gasteiger partial charge on any atom is -0.384 e. The lowest BCUT2D eigenvalue weighted by molar-refractivity contribution is 0.122. The second kappa shape index (κ2) is 12.4. The van der Waals surface area contributed by atoms with Crippen LogP contribution < -0.4 is 20.3 Å². The fourth-order valence-corrected chi connectivity index (χ4v) is 5.99. The topological polar surface area (TPSA) is 92.4 Å². The van der Waals surface area contributed by atoms with Gasteiger partial charge in [-0.15, -0.1) is 0 Å². The molecule has 8 nitrogen and oxygen atoms in total. The molecule has 2 aliphatic heterocycles. The number of fused-ring (bicyclic) bond motifs is 1. The summed E-state index contributed by atoms with van der Waals surface area (Å²) in [5.41, 5.74) is 10.1. The van der Waals surface area contributed by atoms with E-state index in [1.807, 2.05) is 24.3 Å². The molecule has 0 atom stereocenters. The van der Waals surface area contributed by atoms with E-state index in [1.54, 1.807) is 24.4 Å². The van der Waals surface area contributed by atoms with Gasteiger partial charge in [0.05, 0.1) is 36.8 Å². The Hall–Kier alpha value is -3.70. The van der Waals surface area contributed by atoms with Crippen LogP contribution in [0.5, 0.6) is 0 Å². The van der Waals surface area contributed by atoms with Gasteiger partial charge in [-0.2, -0.15) is 0 Å². The molecule has 2 saturated heterocycles. The fraction of sp³-hybridized carbons (Fsp3) is 0.367. The maximum absolute atomic E-state index is 15.9. The number of morpholine rings is 1. The lowest BCUT2D eigenvalue weighted by atomic mass is 10.00. The maximum Gasteiger partial charge on any atom is 0.163 e. The Morgan fingerprint density at radius 1 is 0.976 bits per heavy atom. The summed E-state index contributed by atoms with van der Waals surface area (Å²) in [5, 5.41) is 0.869. The Morgan fingerprint density at radius 2 is 1.80 bits per heavy atom. The van der Waals surface area contributed by atoms with Gasteiger partial charge in [0.25, 0.3) is 0 Å². The highest BCUT2D eigenvalue weighted by molar-refractivity contribution is 8.00. The van der Waals surface area contributed by atoms with Gasteiger partial charge in [-0.05, 0) is 55.2 Å². The molecule has 3 N–H and O–H groups in total. The number of nitrogens with two attached hydrogens (primary N) is 1. The van der Waals surface area contributed by atoms with Gasteiger partial charge >= 0.3 is 0 Å². The monoisotopic (exact) mass is 577 g/mol. The predicted octanol–water partition coefficient (Wildman–Crippen LogP) is 5.94. The lowest BCUT2D eigenvalue weighted by Crippen LogP contribution is -2.37. The number of hydrogen-bond acceptors (Lipinski definition) is 9. The second-order valence-corrected chi connectivity index (χ2v) is 11.1. The van der Waals surface area contributed by atoms with Crippen LogP contribution in [0, 0.1) is 5.82 Å². The quantitative estimate of drug-likeness (QED) is 0.185. The van der Waals surface area contributed by atoms with Crippen LogP contribution >= 0.6 is 11.9 Å². The Balaban J connectivity index is 1.53. The summed E-state index contributed by atoms with van der Waals surface area (Å²) in [7, 11) is 0. The zero-order chi connectivity index (χ0) is 28.2. The van der Waals surface area contributed by atoms with Crippen molar-refractivity contribution in [1.82, 2.24) is 15.0 Å². The molecule has 0 saturated carbocycles. The molecule has 6 rings (SSSR count). The zero-order valence-corrected chi connectivity index (χ0v) is 23.6. The van der Waals surface area contributed by atoms with E-state index >= 15 is 4.39 Å². The van der Waals surface area contributed by atoms with Gasteiger partial charge in [0.2, 0.25) is 0 Å². The van der Waals surface area contributed by atoms with Gasteiger partial charge in [0, 0.05) is 54.6 Å². The van der Waals surface area contributed by atoms with E-state index in [2.05, 4.69) is 19.5 Å². The first-order chi connectivity index (χ1) is 20.1. The van der Waals surface area contributed by atoms with Crippen LogP contribution in [0.4, 0.5) is 31.8 Å². The fourth-order valence-electron chi connectivity index (χ4n) is 5.33. The summed E-state index contributed by atoms with van der Waals surface area (Å²) < 4.78 is 37.1. The van der Waals surface area contributed by atoms with Crippen molar-refractivity contribution in [3.8, 4) is 22.5 Å². The third-order valence-electron chi connectivity index (χ3n) is 7.43. The Labute approximate surface area is 242 Å². The largest absolute Gasteiger partial charge is 0.384 e. The van der Waals surface area contributed by atoms with Crippen molar-refractivity contribution in [2.75, 3.05) is 72.1 Å². The van der Waals surface area contributed by atoms with E-state index < -0.39 is 6.67 Å². The van der Waals surface area contributed by atoms with Crippen molar-refractivity contribution in [2.24, 2.45) is 0 Å². The molecule has 0 amide bonds. The van der Waals surface area contributed by atoms with Crippen LogP contribution in [0.2, 0.25) is 0 Å². The summed E-state index contributed by atoms with van der Waals surface area (Å²) in [6.45, 7) is 4.01. The summed E-state index contributed by atoms with van der Waals surface area (Å²) in [4.78, 5) is 18.9. The van der Waals surface area contributed by atoms with Crippen molar-refractivity contribution in [3.63, 3.8) is 0 Å². The highest BCUT2D eigenvalue weighted by Gasteiger charge is 2.24. The molecule has 2 aliphatic rings. The van der Waals surface area contributed by atoms with Crippen molar-refractivity contribution in [1.29, 1.82) is 0 Å². The number of ether oxygens (including phenoxy) is 1. The first-order valence-electron chi connectivity index (χ1n) is 14.0. The summed E-state index contributed by atoms with van der Waals surface area (Å²) in [6.07, 6.45) is 4.29. The van der Waals surface area contributed by atoms with Crippen LogP contribution in [0.1, 0.15) is 19.3 Å². The zero-order valence-electron chi connectivity index (χ0n) is 22.8. The van der Waals surface area contributed by atoms with E-state index in [4.69, 9.17) is 20.4 Å². The highest BCUT2D eigenvalue weighted by Crippen LogP contribution is 2.40.